The monoisotopic (exact) mass is 119 g/mol. The van der Waals surface area contributed by atoms with E-state index in [9.17, 15) is 0 Å². The summed E-state index contributed by atoms with van der Waals surface area (Å²) < 4.78 is 0. The summed E-state index contributed by atoms with van der Waals surface area (Å²) in [5.74, 6) is 0.532. The van der Waals surface area contributed by atoms with Crippen LogP contribution < -0.4 is 0 Å². The molecule has 0 unspecified atom stereocenters. The van der Waals surface area contributed by atoms with E-state index >= 15 is 0 Å². The van der Waals surface area contributed by atoms with Crippen molar-refractivity contribution in [3.8, 4) is 6.07 Å². The molecule has 0 amide bonds. The van der Waals surface area contributed by atoms with E-state index in [1.165, 1.54) is 0 Å². The van der Waals surface area contributed by atoms with Crippen LogP contribution in [0.3, 0.4) is 0 Å². The molecule has 0 N–H and O–H groups in total. The molecule has 0 radical (unpaired) electrons. The molecule has 0 aromatic heterocycles. The standard InChI is InChI=1S/C8H9N/c9-7-3-6-8-4-1-2-5-8/h1-2,4-5,8H,3,6H2. The number of hydrogen-bond donors (Lipinski definition) is 0. The van der Waals surface area contributed by atoms with Crippen molar-refractivity contribution in [3.05, 3.63) is 24.3 Å². The SMILES string of the molecule is N#CCCC1C=CC=C1. The molecule has 9 heavy (non-hydrogen) atoms. The minimum atomic E-state index is 0.532. The summed E-state index contributed by atoms with van der Waals surface area (Å²) in [6.07, 6.45) is 9.95. The summed E-state index contributed by atoms with van der Waals surface area (Å²) in [6, 6.07) is 2.13. The highest BCUT2D eigenvalue weighted by Crippen LogP contribution is 2.13. The Balaban J connectivity index is 2.23. The molecule has 0 atom stereocenters. The average Bonchev–Trinajstić information content (AvgIpc) is 2.34. The lowest BCUT2D eigenvalue weighted by Gasteiger charge is -1.97. The van der Waals surface area contributed by atoms with Gasteiger partial charge in [-0.2, -0.15) is 5.26 Å². The number of rotatable bonds is 2. The van der Waals surface area contributed by atoms with E-state index in [1.54, 1.807) is 0 Å². The summed E-state index contributed by atoms with van der Waals surface area (Å²) >= 11 is 0. The molecule has 0 aromatic carbocycles. The molecule has 1 rings (SSSR count). The van der Waals surface area contributed by atoms with Gasteiger partial charge in [-0.25, -0.2) is 0 Å². The first-order valence-electron chi connectivity index (χ1n) is 3.15. The van der Waals surface area contributed by atoms with E-state index in [-0.39, 0.29) is 0 Å². The van der Waals surface area contributed by atoms with Crippen molar-refractivity contribution < 1.29 is 0 Å². The molecule has 0 aliphatic heterocycles. The van der Waals surface area contributed by atoms with Crippen LogP contribution in [0.5, 0.6) is 0 Å². The van der Waals surface area contributed by atoms with Crippen LogP contribution in [0, 0.1) is 17.2 Å². The average molecular weight is 119 g/mol. The van der Waals surface area contributed by atoms with Gasteiger partial charge in [-0.3, -0.25) is 0 Å². The Hall–Kier alpha value is -1.03. The van der Waals surface area contributed by atoms with E-state index in [1.807, 2.05) is 12.2 Å². The van der Waals surface area contributed by atoms with Crippen LogP contribution in [0.15, 0.2) is 24.3 Å². The Labute approximate surface area is 55.3 Å². The van der Waals surface area contributed by atoms with Crippen molar-refractivity contribution in [1.29, 1.82) is 5.26 Å². The van der Waals surface area contributed by atoms with Gasteiger partial charge in [-0.1, -0.05) is 24.3 Å². The van der Waals surface area contributed by atoms with Gasteiger partial charge in [-0.15, -0.1) is 0 Å². The number of nitriles is 1. The lowest BCUT2D eigenvalue weighted by molar-refractivity contribution is 0.735. The molecule has 1 aliphatic rings. The van der Waals surface area contributed by atoms with Crippen molar-refractivity contribution in [2.75, 3.05) is 0 Å². The van der Waals surface area contributed by atoms with Crippen molar-refractivity contribution in [2.24, 2.45) is 5.92 Å². The Bertz CT molecular complexity index is 159. The summed E-state index contributed by atoms with van der Waals surface area (Å²) in [5, 5.41) is 8.23. The van der Waals surface area contributed by atoms with Crippen molar-refractivity contribution >= 4 is 0 Å². The molecule has 46 valence electrons. The van der Waals surface area contributed by atoms with E-state index in [4.69, 9.17) is 5.26 Å². The highest BCUT2D eigenvalue weighted by molar-refractivity contribution is 5.17. The smallest absolute Gasteiger partial charge is 0.0622 e. The van der Waals surface area contributed by atoms with Gasteiger partial charge in [0.05, 0.1) is 6.07 Å². The maximum Gasteiger partial charge on any atom is 0.0622 e. The van der Waals surface area contributed by atoms with Gasteiger partial charge in [0.1, 0.15) is 0 Å². The first-order valence-corrected chi connectivity index (χ1v) is 3.15. The molecule has 0 fully saturated rings. The summed E-state index contributed by atoms with van der Waals surface area (Å²) in [6.45, 7) is 0. The third-order valence-corrected chi connectivity index (χ3v) is 1.42. The predicted molar refractivity (Wildman–Crippen MR) is 36.6 cm³/mol. The van der Waals surface area contributed by atoms with Crippen LogP contribution in [0.25, 0.3) is 0 Å². The number of hydrogen-bond acceptors (Lipinski definition) is 1. The largest absolute Gasteiger partial charge is 0.198 e. The van der Waals surface area contributed by atoms with Gasteiger partial charge in [0.15, 0.2) is 0 Å². The fourth-order valence-corrected chi connectivity index (χ4v) is 0.902. The van der Waals surface area contributed by atoms with Crippen molar-refractivity contribution in [2.45, 2.75) is 12.8 Å². The highest BCUT2D eigenvalue weighted by Gasteiger charge is 2.00. The van der Waals surface area contributed by atoms with Crippen LogP contribution in [-0.4, -0.2) is 0 Å². The first-order chi connectivity index (χ1) is 4.43. The van der Waals surface area contributed by atoms with E-state index in [0.717, 1.165) is 6.42 Å². The minimum absolute atomic E-state index is 0.532. The molecule has 1 heteroatoms. The Morgan fingerprint density at radius 2 is 2.00 bits per heavy atom. The predicted octanol–water partition coefficient (Wildman–Crippen LogP) is 2.03. The van der Waals surface area contributed by atoms with E-state index < -0.39 is 0 Å². The molecule has 0 bridgehead atoms. The molecular weight excluding hydrogens is 110 g/mol. The molecular formula is C8H9N. The quantitative estimate of drug-likeness (QED) is 0.545. The minimum Gasteiger partial charge on any atom is -0.198 e. The maximum absolute atomic E-state index is 8.23. The van der Waals surface area contributed by atoms with Gasteiger partial charge < -0.3 is 0 Å². The molecule has 0 spiro atoms. The van der Waals surface area contributed by atoms with Gasteiger partial charge in [0.25, 0.3) is 0 Å². The van der Waals surface area contributed by atoms with E-state index in [2.05, 4.69) is 18.2 Å². The zero-order valence-electron chi connectivity index (χ0n) is 5.25. The zero-order valence-corrected chi connectivity index (χ0v) is 5.25. The number of allylic oxidation sites excluding steroid dienone is 4. The fraction of sp³-hybridized carbons (Fsp3) is 0.375. The zero-order chi connectivity index (χ0) is 6.53. The molecule has 0 aromatic rings. The topological polar surface area (TPSA) is 23.8 Å². The molecule has 0 saturated heterocycles. The molecule has 0 heterocycles. The molecule has 1 nitrogen and oxygen atoms in total. The van der Waals surface area contributed by atoms with E-state index in [0.29, 0.717) is 12.3 Å². The Kier molecular flexibility index (Phi) is 2.09. The number of nitrogens with zero attached hydrogens (tertiary/aromatic N) is 1. The molecule has 0 saturated carbocycles. The Morgan fingerprint density at radius 3 is 2.56 bits per heavy atom. The summed E-state index contributed by atoms with van der Waals surface area (Å²) in [7, 11) is 0. The first kappa shape index (κ1) is 6.10. The summed E-state index contributed by atoms with van der Waals surface area (Å²) in [4.78, 5) is 0. The highest BCUT2D eigenvalue weighted by atomic mass is 14.2. The molecule has 1 aliphatic carbocycles. The maximum atomic E-state index is 8.23. The second kappa shape index (κ2) is 3.09. The third-order valence-electron chi connectivity index (χ3n) is 1.42. The van der Waals surface area contributed by atoms with Gasteiger partial charge in [0.2, 0.25) is 0 Å². The van der Waals surface area contributed by atoms with Crippen LogP contribution >= 0.6 is 0 Å². The van der Waals surface area contributed by atoms with Gasteiger partial charge in [0, 0.05) is 6.42 Å². The van der Waals surface area contributed by atoms with Crippen LogP contribution in [0.2, 0.25) is 0 Å². The van der Waals surface area contributed by atoms with Crippen molar-refractivity contribution in [1.82, 2.24) is 0 Å². The Morgan fingerprint density at radius 1 is 1.33 bits per heavy atom. The van der Waals surface area contributed by atoms with Crippen LogP contribution in [0.1, 0.15) is 12.8 Å². The lowest BCUT2D eigenvalue weighted by atomic mass is 10.1. The van der Waals surface area contributed by atoms with Crippen LogP contribution in [0.4, 0.5) is 0 Å². The van der Waals surface area contributed by atoms with Crippen LogP contribution in [-0.2, 0) is 0 Å². The summed E-state index contributed by atoms with van der Waals surface area (Å²) in [5.41, 5.74) is 0. The second-order valence-electron chi connectivity index (χ2n) is 2.13. The van der Waals surface area contributed by atoms with Gasteiger partial charge in [-0.05, 0) is 12.3 Å². The van der Waals surface area contributed by atoms with Crippen molar-refractivity contribution in [3.63, 3.8) is 0 Å². The van der Waals surface area contributed by atoms with Gasteiger partial charge >= 0.3 is 0 Å². The fourth-order valence-electron chi connectivity index (χ4n) is 0.902. The second-order valence-corrected chi connectivity index (χ2v) is 2.13. The normalized spacial score (nSPS) is 16.3. The lowest BCUT2D eigenvalue weighted by Crippen LogP contribution is -1.86. The third kappa shape index (κ3) is 1.73.